The average Bonchev–Trinajstić information content (AvgIpc) is 2.79. The molecular weight excluding hydrogens is 449 g/mol. The Labute approximate surface area is 195 Å². The smallest absolute Gasteiger partial charge is 0.266 e. The standard InChI is InChI=1S/C24H17Cl2N3O3/c25-18-8-2-4-10-20(18)28-23(30)15-32-22-12-6-1-7-16(22)13-17(14-27)24(31)29-21-11-5-3-9-19(21)26/h1-13H,15H2,(H,28,30)(H,29,31)/b17-13+. The predicted molar refractivity (Wildman–Crippen MR) is 126 cm³/mol. The van der Waals surface area contributed by atoms with Crippen LogP contribution in [-0.4, -0.2) is 18.4 Å². The molecule has 0 spiro atoms. The summed E-state index contributed by atoms with van der Waals surface area (Å²) >= 11 is 12.1. The van der Waals surface area contributed by atoms with Crippen molar-refractivity contribution in [3.63, 3.8) is 0 Å². The molecule has 8 heteroatoms. The lowest BCUT2D eigenvalue weighted by Gasteiger charge is -2.11. The number of carbonyl (C=O) groups excluding carboxylic acids is 2. The second kappa shape index (κ2) is 11.0. The molecule has 0 aromatic heterocycles. The minimum absolute atomic E-state index is 0.151. The molecule has 0 aliphatic heterocycles. The number of ether oxygens (including phenoxy) is 1. The lowest BCUT2D eigenvalue weighted by Crippen LogP contribution is -2.20. The fourth-order valence-electron chi connectivity index (χ4n) is 2.68. The zero-order chi connectivity index (χ0) is 22.9. The summed E-state index contributed by atoms with van der Waals surface area (Å²) in [6, 6.07) is 22.2. The van der Waals surface area contributed by atoms with E-state index in [9.17, 15) is 14.9 Å². The van der Waals surface area contributed by atoms with E-state index < -0.39 is 11.8 Å². The van der Waals surface area contributed by atoms with Crippen LogP contribution in [0.5, 0.6) is 5.75 Å². The summed E-state index contributed by atoms with van der Waals surface area (Å²) in [5.41, 5.74) is 1.17. The van der Waals surface area contributed by atoms with Gasteiger partial charge in [-0.3, -0.25) is 9.59 Å². The molecule has 3 aromatic rings. The SMILES string of the molecule is N#C/C(=C\c1ccccc1OCC(=O)Nc1ccccc1Cl)C(=O)Nc1ccccc1Cl. The molecule has 6 nitrogen and oxygen atoms in total. The van der Waals surface area contributed by atoms with E-state index in [1.165, 1.54) is 6.08 Å². The van der Waals surface area contributed by atoms with Crippen LogP contribution in [0.1, 0.15) is 5.56 Å². The fraction of sp³-hybridized carbons (Fsp3) is 0.0417. The van der Waals surface area contributed by atoms with E-state index in [1.54, 1.807) is 72.8 Å². The van der Waals surface area contributed by atoms with E-state index in [0.29, 0.717) is 32.7 Å². The molecule has 0 aliphatic rings. The van der Waals surface area contributed by atoms with Gasteiger partial charge in [-0.2, -0.15) is 5.26 Å². The van der Waals surface area contributed by atoms with Gasteiger partial charge in [0.05, 0.1) is 21.4 Å². The van der Waals surface area contributed by atoms with Crippen molar-refractivity contribution in [1.29, 1.82) is 5.26 Å². The van der Waals surface area contributed by atoms with Gasteiger partial charge in [0.25, 0.3) is 11.8 Å². The first-order chi connectivity index (χ1) is 15.5. The quantitative estimate of drug-likeness (QED) is 0.353. The van der Waals surface area contributed by atoms with Gasteiger partial charge in [-0.1, -0.05) is 65.7 Å². The second-order valence-corrected chi connectivity index (χ2v) is 7.27. The normalized spacial score (nSPS) is 10.7. The molecule has 32 heavy (non-hydrogen) atoms. The first-order valence-electron chi connectivity index (χ1n) is 9.42. The van der Waals surface area contributed by atoms with E-state index in [1.807, 2.05) is 6.07 Å². The second-order valence-electron chi connectivity index (χ2n) is 6.46. The van der Waals surface area contributed by atoms with Crippen LogP contribution in [0.4, 0.5) is 11.4 Å². The Morgan fingerprint density at radius 1 is 0.875 bits per heavy atom. The number of carbonyl (C=O) groups is 2. The highest BCUT2D eigenvalue weighted by molar-refractivity contribution is 6.34. The van der Waals surface area contributed by atoms with Crippen LogP contribution in [0.15, 0.2) is 78.4 Å². The maximum absolute atomic E-state index is 12.5. The van der Waals surface area contributed by atoms with Crippen LogP contribution < -0.4 is 15.4 Å². The molecule has 0 heterocycles. The number of hydrogen-bond acceptors (Lipinski definition) is 4. The van der Waals surface area contributed by atoms with Crippen LogP contribution in [-0.2, 0) is 9.59 Å². The summed E-state index contributed by atoms with van der Waals surface area (Å²) in [5, 5.41) is 15.5. The number of benzene rings is 3. The molecule has 0 unspecified atom stereocenters. The summed E-state index contributed by atoms with van der Waals surface area (Å²) in [4.78, 5) is 24.8. The zero-order valence-corrected chi connectivity index (χ0v) is 18.2. The lowest BCUT2D eigenvalue weighted by atomic mass is 10.1. The van der Waals surface area contributed by atoms with Gasteiger partial charge in [0.15, 0.2) is 6.61 Å². The third-order valence-corrected chi connectivity index (χ3v) is 4.87. The maximum Gasteiger partial charge on any atom is 0.266 e. The van der Waals surface area contributed by atoms with Crippen molar-refractivity contribution in [3.05, 3.63) is 94.0 Å². The van der Waals surface area contributed by atoms with E-state index >= 15 is 0 Å². The molecule has 0 atom stereocenters. The molecule has 0 aliphatic carbocycles. The first kappa shape index (κ1) is 22.9. The summed E-state index contributed by atoms with van der Waals surface area (Å²) in [6.07, 6.45) is 1.38. The topological polar surface area (TPSA) is 91.2 Å². The molecule has 160 valence electrons. The number of nitrogens with zero attached hydrogens (tertiary/aromatic N) is 1. The van der Waals surface area contributed by atoms with Gasteiger partial charge < -0.3 is 15.4 Å². The van der Waals surface area contributed by atoms with E-state index in [0.717, 1.165) is 0 Å². The summed E-state index contributed by atoms with van der Waals surface area (Å²) in [7, 11) is 0. The number of nitriles is 1. The van der Waals surface area contributed by atoms with Crippen molar-refractivity contribution in [3.8, 4) is 11.8 Å². The van der Waals surface area contributed by atoms with Gasteiger partial charge in [0, 0.05) is 5.56 Å². The largest absolute Gasteiger partial charge is 0.483 e. The Bertz CT molecular complexity index is 1220. The van der Waals surface area contributed by atoms with E-state index in [2.05, 4.69) is 10.6 Å². The molecule has 0 saturated carbocycles. The molecule has 2 amide bonds. The molecular formula is C24H17Cl2N3O3. The van der Waals surface area contributed by atoms with Gasteiger partial charge in [-0.25, -0.2) is 0 Å². The van der Waals surface area contributed by atoms with Gasteiger partial charge in [0.2, 0.25) is 0 Å². The Morgan fingerprint density at radius 3 is 2.06 bits per heavy atom. The summed E-state index contributed by atoms with van der Waals surface area (Å²) in [6.45, 7) is -0.288. The summed E-state index contributed by atoms with van der Waals surface area (Å²) < 4.78 is 5.61. The first-order valence-corrected chi connectivity index (χ1v) is 10.2. The molecule has 0 radical (unpaired) electrons. The minimum atomic E-state index is -0.619. The van der Waals surface area contributed by atoms with Crippen molar-refractivity contribution < 1.29 is 14.3 Å². The average molecular weight is 466 g/mol. The monoisotopic (exact) mass is 465 g/mol. The van der Waals surface area contributed by atoms with E-state index in [-0.39, 0.29) is 12.2 Å². The van der Waals surface area contributed by atoms with Gasteiger partial charge in [-0.05, 0) is 36.4 Å². The number of halogens is 2. The van der Waals surface area contributed by atoms with Gasteiger partial charge in [0.1, 0.15) is 17.4 Å². The van der Waals surface area contributed by atoms with Crippen molar-refractivity contribution >= 4 is 52.5 Å². The Balaban J connectivity index is 1.72. The van der Waals surface area contributed by atoms with Crippen LogP contribution >= 0.6 is 23.2 Å². The molecule has 0 bridgehead atoms. The fourth-order valence-corrected chi connectivity index (χ4v) is 3.05. The Hall–Kier alpha value is -3.79. The van der Waals surface area contributed by atoms with Crippen molar-refractivity contribution in [1.82, 2.24) is 0 Å². The number of rotatable bonds is 7. The maximum atomic E-state index is 12.5. The Kier molecular flexibility index (Phi) is 7.87. The molecule has 3 rings (SSSR count). The molecule has 0 saturated heterocycles. The number of anilines is 2. The van der Waals surface area contributed by atoms with Gasteiger partial charge >= 0.3 is 0 Å². The van der Waals surface area contributed by atoms with Crippen LogP contribution in [0, 0.1) is 11.3 Å². The highest BCUT2D eigenvalue weighted by atomic mass is 35.5. The van der Waals surface area contributed by atoms with Crippen LogP contribution in [0.3, 0.4) is 0 Å². The van der Waals surface area contributed by atoms with Crippen LogP contribution in [0.2, 0.25) is 10.0 Å². The summed E-state index contributed by atoms with van der Waals surface area (Å²) in [5.74, 6) is -0.694. The molecule has 0 fully saturated rings. The number of para-hydroxylation sites is 3. The van der Waals surface area contributed by atoms with Crippen molar-refractivity contribution in [2.24, 2.45) is 0 Å². The number of amides is 2. The highest BCUT2D eigenvalue weighted by Gasteiger charge is 2.13. The zero-order valence-electron chi connectivity index (χ0n) is 16.6. The number of hydrogen-bond donors (Lipinski definition) is 2. The van der Waals surface area contributed by atoms with Crippen molar-refractivity contribution in [2.45, 2.75) is 0 Å². The van der Waals surface area contributed by atoms with E-state index in [4.69, 9.17) is 27.9 Å². The third-order valence-electron chi connectivity index (χ3n) is 4.21. The number of nitrogens with one attached hydrogen (secondary N) is 2. The van der Waals surface area contributed by atoms with Crippen LogP contribution in [0.25, 0.3) is 6.08 Å². The lowest BCUT2D eigenvalue weighted by molar-refractivity contribution is -0.118. The molecule has 3 aromatic carbocycles. The van der Waals surface area contributed by atoms with Gasteiger partial charge in [-0.15, -0.1) is 0 Å². The minimum Gasteiger partial charge on any atom is -0.483 e. The predicted octanol–water partition coefficient (Wildman–Crippen LogP) is 5.56. The third kappa shape index (κ3) is 6.11. The van der Waals surface area contributed by atoms with Crippen molar-refractivity contribution in [2.75, 3.05) is 17.2 Å². The highest BCUT2D eigenvalue weighted by Crippen LogP contribution is 2.24. The Morgan fingerprint density at radius 2 is 1.44 bits per heavy atom. The molecule has 2 N–H and O–H groups in total.